The topological polar surface area (TPSA) is 64.7 Å². The third-order valence-corrected chi connectivity index (χ3v) is 4.33. The van der Waals surface area contributed by atoms with Gasteiger partial charge in [0.25, 0.3) is 0 Å². The molecule has 24 heavy (non-hydrogen) atoms. The summed E-state index contributed by atoms with van der Waals surface area (Å²) >= 11 is 0. The van der Waals surface area contributed by atoms with Gasteiger partial charge in [0.15, 0.2) is 0 Å². The van der Waals surface area contributed by atoms with Gasteiger partial charge in [-0.05, 0) is 64.2 Å². The first kappa shape index (κ1) is 18.3. The van der Waals surface area contributed by atoms with Crippen molar-refractivity contribution in [3.63, 3.8) is 0 Å². The van der Waals surface area contributed by atoms with Gasteiger partial charge >= 0.3 is 6.03 Å². The highest BCUT2D eigenvalue weighted by Crippen LogP contribution is 2.24. The molecule has 1 atom stereocenters. The quantitative estimate of drug-likeness (QED) is 0.779. The smallest absolute Gasteiger partial charge is 0.315 e. The van der Waals surface area contributed by atoms with Crippen LogP contribution in [-0.2, 0) is 4.79 Å². The summed E-state index contributed by atoms with van der Waals surface area (Å²) in [4.78, 5) is 28.0. The largest absolute Gasteiger partial charge is 0.338 e. The zero-order valence-corrected chi connectivity index (χ0v) is 15.1. The van der Waals surface area contributed by atoms with Crippen molar-refractivity contribution in [2.45, 2.75) is 32.7 Å². The Hall–Kier alpha value is -2.08. The molecule has 6 nitrogen and oxygen atoms in total. The van der Waals surface area contributed by atoms with Crippen LogP contribution >= 0.6 is 0 Å². The van der Waals surface area contributed by atoms with Crippen LogP contribution in [0.1, 0.15) is 24.0 Å². The number of urea groups is 1. The van der Waals surface area contributed by atoms with Crippen molar-refractivity contribution in [3.05, 3.63) is 29.3 Å². The highest BCUT2D eigenvalue weighted by Gasteiger charge is 2.31. The summed E-state index contributed by atoms with van der Waals surface area (Å²) in [5.41, 5.74) is 3.27. The monoisotopic (exact) mass is 332 g/mol. The Labute approximate surface area is 144 Å². The lowest BCUT2D eigenvalue weighted by molar-refractivity contribution is -0.117. The van der Waals surface area contributed by atoms with Gasteiger partial charge < -0.3 is 20.4 Å². The van der Waals surface area contributed by atoms with E-state index in [2.05, 4.69) is 22.5 Å². The number of carbonyl (C=O) groups is 2. The van der Waals surface area contributed by atoms with Gasteiger partial charge in [0.2, 0.25) is 5.91 Å². The van der Waals surface area contributed by atoms with Crippen molar-refractivity contribution in [1.82, 2.24) is 15.5 Å². The van der Waals surface area contributed by atoms with E-state index in [0.29, 0.717) is 19.5 Å². The Bertz CT molecular complexity index is 601. The lowest BCUT2D eigenvalue weighted by atomic mass is 10.1. The van der Waals surface area contributed by atoms with Crippen molar-refractivity contribution in [2.75, 3.05) is 38.6 Å². The summed E-state index contributed by atoms with van der Waals surface area (Å²) in [6.45, 7) is 6.17. The van der Waals surface area contributed by atoms with E-state index in [4.69, 9.17) is 0 Å². The van der Waals surface area contributed by atoms with E-state index in [1.165, 1.54) is 5.56 Å². The van der Waals surface area contributed by atoms with E-state index in [1.54, 1.807) is 4.90 Å². The molecule has 6 heteroatoms. The molecule has 2 rings (SSSR count). The first-order chi connectivity index (χ1) is 11.4. The average Bonchev–Trinajstić information content (AvgIpc) is 2.87. The molecule has 3 amide bonds. The number of nitrogens with zero attached hydrogens (tertiary/aromatic N) is 2. The lowest BCUT2D eigenvalue weighted by Crippen LogP contribution is -2.44. The number of amides is 3. The number of carbonyl (C=O) groups excluding carboxylic acids is 2. The standard InChI is InChI=1S/C18H28N4O2/c1-13-6-7-16(10-14(13)2)22-12-15(11-17(22)23)20-18(24)19-8-5-9-21(3)4/h6-7,10,15H,5,8-9,11-12H2,1-4H3,(H2,19,20,24)/t15-/m1/s1. The highest BCUT2D eigenvalue weighted by molar-refractivity contribution is 5.96. The summed E-state index contributed by atoms with van der Waals surface area (Å²) in [6.07, 6.45) is 1.25. The zero-order valence-electron chi connectivity index (χ0n) is 15.1. The SMILES string of the molecule is Cc1ccc(N2C[C@H](NC(=O)NCCCN(C)C)CC2=O)cc1C. The molecule has 0 radical (unpaired) electrons. The average molecular weight is 332 g/mol. The third-order valence-electron chi connectivity index (χ3n) is 4.33. The van der Waals surface area contributed by atoms with Crippen LogP contribution in [0.3, 0.4) is 0 Å². The highest BCUT2D eigenvalue weighted by atomic mass is 16.2. The van der Waals surface area contributed by atoms with E-state index < -0.39 is 0 Å². The number of anilines is 1. The van der Waals surface area contributed by atoms with Crippen LogP contribution < -0.4 is 15.5 Å². The predicted octanol–water partition coefficient (Wildman–Crippen LogP) is 1.66. The van der Waals surface area contributed by atoms with Gasteiger partial charge in [0.05, 0.1) is 6.04 Å². The van der Waals surface area contributed by atoms with Crippen molar-refractivity contribution in [1.29, 1.82) is 0 Å². The zero-order chi connectivity index (χ0) is 17.7. The molecular weight excluding hydrogens is 304 g/mol. The number of hydrogen-bond acceptors (Lipinski definition) is 3. The molecule has 0 aromatic heterocycles. The molecule has 1 heterocycles. The summed E-state index contributed by atoms with van der Waals surface area (Å²) in [6, 6.07) is 5.67. The minimum atomic E-state index is -0.200. The molecule has 2 N–H and O–H groups in total. The van der Waals surface area contributed by atoms with Crippen molar-refractivity contribution in [2.24, 2.45) is 0 Å². The van der Waals surface area contributed by atoms with E-state index in [-0.39, 0.29) is 18.0 Å². The summed E-state index contributed by atoms with van der Waals surface area (Å²) in [5, 5.41) is 5.74. The maximum atomic E-state index is 12.2. The van der Waals surface area contributed by atoms with Gasteiger partial charge in [0, 0.05) is 25.2 Å². The van der Waals surface area contributed by atoms with Crippen LogP contribution in [0, 0.1) is 13.8 Å². The second-order valence-electron chi connectivity index (χ2n) is 6.73. The summed E-state index contributed by atoms with van der Waals surface area (Å²) in [7, 11) is 4.01. The van der Waals surface area contributed by atoms with E-state index >= 15 is 0 Å². The molecule has 0 unspecified atom stereocenters. The number of rotatable bonds is 6. The molecule has 1 aromatic rings. The molecule has 1 saturated heterocycles. The van der Waals surface area contributed by atoms with Gasteiger partial charge in [-0.2, -0.15) is 0 Å². The van der Waals surface area contributed by atoms with Gasteiger partial charge in [-0.3, -0.25) is 4.79 Å². The van der Waals surface area contributed by atoms with Gasteiger partial charge in [-0.25, -0.2) is 4.79 Å². The fraction of sp³-hybridized carbons (Fsp3) is 0.556. The van der Waals surface area contributed by atoms with E-state index in [0.717, 1.165) is 24.2 Å². The van der Waals surface area contributed by atoms with E-state index in [9.17, 15) is 9.59 Å². The second kappa shape index (κ2) is 8.15. The second-order valence-corrected chi connectivity index (χ2v) is 6.73. The van der Waals surface area contributed by atoms with Gasteiger partial charge in [-0.1, -0.05) is 6.07 Å². The number of nitrogens with one attached hydrogen (secondary N) is 2. The minimum Gasteiger partial charge on any atom is -0.338 e. The molecule has 132 valence electrons. The molecule has 1 aromatic carbocycles. The summed E-state index contributed by atoms with van der Waals surface area (Å²) < 4.78 is 0. The van der Waals surface area contributed by atoms with E-state index in [1.807, 2.05) is 39.2 Å². The van der Waals surface area contributed by atoms with Gasteiger partial charge in [0.1, 0.15) is 0 Å². The summed E-state index contributed by atoms with van der Waals surface area (Å²) in [5.74, 6) is 0.0520. The van der Waals surface area contributed by atoms with Crippen molar-refractivity contribution < 1.29 is 9.59 Å². The van der Waals surface area contributed by atoms with Crippen LogP contribution in [0.4, 0.5) is 10.5 Å². The van der Waals surface area contributed by atoms with Gasteiger partial charge in [-0.15, -0.1) is 0 Å². The van der Waals surface area contributed by atoms with Crippen molar-refractivity contribution >= 4 is 17.6 Å². The normalized spacial score (nSPS) is 17.5. The Morgan fingerprint density at radius 3 is 2.71 bits per heavy atom. The van der Waals surface area contributed by atoms with Crippen molar-refractivity contribution in [3.8, 4) is 0 Å². The number of benzene rings is 1. The molecule has 0 spiro atoms. The Morgan fingerprint density at radius 1 is 1.29 bits per heavy atom. The molecular formula is C18H28N4O2. The molecule has 1 aliphatic rings. The minimum absolute atomic E-state index is 0.0520. The van der Waals surface area contributed by atoms with Crippen LogP contribution in [0.2, 0.25) is 0 Å². The Balaban J connectivity index is 1.83. The molecule has 0 aliphatic carbocycles. The molecule has 1 fully saturated rings. The first-order valence-electron chi connectivity index (χ1n) is 8.43. The fourth-order valence-electron chi connectivity index (χ4n) is 2.78. The Morgan fingerprint density at radius 2 is 2.04 bits per heavy atom. The van der Waals surface area contributed by atoms with Crippen LogP contribution in [0.15, 0.2) is 18.2 Å². The molecule has 0 saturated carbocycles. The molecule has 1 aliphatic heterocycles. The number of aryl methyl sites for hydroxylation is 2. The molecule has 0 bridgehead atoms. The fourth-order valence-corrected chi connectivity index (χ4v) is 2.78. The first-order valence-corrected chi connectivity index (χ1v) is 8.43. The Kier molecular flexibility index (Phi) is 6.20. The van der Waals surface area contributed by atoms with Crippen LogP contribution in [0.25, 0.3) is 0 Å². The van der Waals surface area contributed by atoms with Crippen LogP contribution in [0.5, 0.6) is 0 Å². The predicted molar refractivity (Wildman–Crippen MR) is 96.4 cm³/mol. The third kappa shape index (κ3) is 4.96. The number of hydrogen-bond donors (Lipinski definition) is 2. The maximum absolute atomic E-state index is 12.2. The maximum Gasteiger partial charge on any atom is 0.315 e. The lowest BCUT2D eigenvalue weighted by Gasteiger charge is -2.18. The van der Waals surface area contributed by atoms with Crippen LogP contribution in [-0.4, -0.2) is 56.6 Å².